The van der Waals surface area contributed by atoms with Gasteiger partial charge in [-0.1, -0.05) is 44.7 Å². The quantitative estimate of drug-likeness (QED) is 0.426. The Morgan fingerprint density at radius 3 is 2.71 bits per heavy atom. The first-order valence-electron chi connectivity index (χ1n) is 9.12. The smallest absolute Gasteiger partial charge is 0.251 e. The SMILES string of the molecule is CCCNC(=O)c1cccc(CN=C(N)NC2CCCCCC2)c1. The molecule has 1 amide bonds. The van der Waals surface area contributed by atoms with Gasteiger partial charge in [-0.2, -0.15) is 0 Å². The molecule has 5 heteroatoms. The summed E-state index contributed by atoms with van der Waals surface area (Å²) in [5, 5.41) is 6.23. The fourth-order valence-electron chi connectivity index (χ4n) is 3.01. The Labute approximate surface area is 145 Å². The van der Waals surface area contributed by atoms with Gasteiger partial charge in [0.2, 0.25) is 0 Å². The highest BCUT2D eigenvalue weighted by atomic mass is 16.1. The topological polar surface area (TPSA) is 79.5 Å². The molecule has 0 radical (unpaired) electrons. The molecule has 0 saturated heterocycles. The van der Waals surface area contributed by atoms with Gasteiger partial charge in [-0.05, 0) is 37.0 Å². The van der Waals surface area contributed by atoms with Crippen molar-refractivity contribution in [3.8, 4) is 0 Å². The van der Waals surface area contributed by atoms with Gasteiger partial charge in [-0.15, -0.1) is 0 Å². The van der Waals surface area contributed by atoms with E-state index in [1.807, 2.05) is 31.2 Å². The summed E-state index contributed by atoms with van der Waals surface area (Å²) in [5.74, 6) is 0.468. The zero-order chi connectivity index (χ0) is 17.2. The number of aliphatic imine (C=N–C) groups is 1. The van der Waals surface area contributed by atoms with Gasteiger partial charge in [0.15, 0.2) is 5.96 Å². The van der Waals surface area contributed by atoms with Crippen LogP contribution in [-0.2, 0) is 6.54 Å². The van der Waals surface area contributed by atoms with Gasteiger partial charge in [0.05, 0.1) is 6.54 Å². The van der Waals surface area contributed by atoms with Crippen molar-refractivity contribution in [3.63, 3.8) is 0 Å². The number of amides is 1. The van der Waals surface area contributed by atoms with E-state index in [1.54, 1.807) is 0 Å². The molecule has 2 rings (SSSR count). The van der Waals surface area contributed by atoms with Crippen molar-refractivity contribution in [3.05, 3.63) is 35.4 Å². The van der Waals surface area contributed by atoms with Gasteiger partial charge in [-0.25, -0.2) is 4.99 Å². The lowest BCUT2D eigenvalue weighted by Crippen LogP contribution is -2.39. The molecular formula is C19H30N4O. The van der Waals surface area contributed by atoms with Gasteiger partial charge in [0.1, 0.15) is 0 Å². The molecule has 1 aromatic carbocycles. The number of carbonyl (C=O) groups excluding carboxylic acids is 1. The van der Waals surface area contributed by atoms with Crippen LogP contribution in [0.2, 0.25) is 0 Å². The molecule has 0 heterocycles. The van der Waals surface area contributed by atoms with Crippen molar-refractivity contribution >= 4 is 11.9 Å². The zero-order valence-electron chi connectivity index (χ0n) is 14.7. The van der Waals surface area contributed by atoms with E-state index >= 15 is 0 Å². The summed E-state index contributed by atoms with van der Waals surface area (Å²) in [6.45, 7) is 3.22. The summed E-state index contributed by atoms with van der Waals surface area (Å²) in [4.78, 5) is 16.4. The number of nitrogens with zero attached hydrogens (tertiary/aromatic N) is 1. The molecule has 0 spiro atoms. The molecule has 0 unspecified atom stereocenters. The Morgan fingerprint density at radius 1 is 1.25 bits per heavy atom. The van der Waals surface area contributed by atoms with Crippen LogP contribution in [0, 0.1) is 0 Å². The van der Waals surface area contributed by atoms with E-state index in [0.717, 1.165) is 12.0 Å². The standard InChI is InChI=1S/C19H30N4O/c1-2-12-21-18(24)16-9-7-8-15(13-16)14-22-19(20)23-17-10-5-3-4-6-11-17/h7-9,13,17H,2-6,10-12,14H2,1H3,(H,21,24)(H3,20,22,23). The highest BCUT2D eigenvalue weighted by Crippen LogP contribution is 2.17. The second-order valence-corrected chi connectivity index (χ2v) is 6.49. The maximum absolute atomic E-state index is 12.0. The van der Waals surface area contributed by atoms with Crippen LogP contribution >= 0.6 is 0 Å². The molecule has 24 heavy (non-hydrogen) atoms. The Hall–Kier alpha value is -2.04. The summed E-state index contributed by atoms with van der Waals surface area (Å²) < 4.78 is 0. The molecule has 1 aliphatic rings. The Morgan fingerprint density at radius 2 is 2.00 bits per heavy atom. The summed E-state index contributed by atoms with van der Waals surface area (Å²) >= 11 is 0. The second-order valence-electron chi connectivity index (χ2n) is 6.49. The number of nitrogens with two attached hydrogens (primary N) is 1. The maximum atomic E-state index is 12.0. The van der Waals surface area contributed by atoms with E-state index in [1.165, 1.54) is 38.5 Å². The summed E-state index contributed by atoms with van der Waals surface area (Å²) in [6.07, 6.45) is 8.44. The molecule has 1 aliphatic carbocycles. The monoisotopic (exact) mass is 330 g/mol. The van der Waals surface area contributed by atoms with Crippen LogP contribution in [0.5, 0.6) is 0 Å². The Kier molecular flexibility index (Phi) is 7.59. The van der Waals surface area contributed by atoms with E-state index in [-0.39, 0.29) is 5.91 Å². The minimum Gasteiger partial charge on any atom is -0.370 e. The fourth-order valence-corrected chi connectivity index (χ4v) is 3.01. The number of nitrogens with one attached hydrogen (secondary N) is 2. The summed E-state index contributed by atoms with van der Waals surface area (Å²) in [5.41, 5.74) is 7.69. The zero-order valence-corrected chi connectivity index (χ0v) is 14.7. The first-order valence-corrected chi connectivity index (χ1v) is 9.12. The molecule has 1 fully saturated rings. The molecule has 0 aromatic heterocycles. The normalized spacial score (nSPS) is 16.5. The van der Waals surface area contributed by atoms with Crippen molar-refractivity contribution in [2.75, 3.05) is 6.54 Å². The molecule has 132 valence electrons. The third-order valence-electron chi connectivity index (χ3n) is 4.36. The van der Waals surface area contributed by atoms with Gasteiger partial charge in [0.25, 0.3) is 5.91 Å². The summed E-state index contributed by atoms with van der Waals surface area (Å²) in [7, 11) is 0. The van der Waals surface area contributed by atoms with E-state index in [2.05, 4.69) is 15.6 Å². The Bertz CT molecular complexity index is 548. The average Bonchev–Trinajstić information content (AvgIpc) is 2.86. The maximum Gasteiger partial charge on any atom is 0.251 e. The molecule has 4 N–H and O–H groups in total. The van der Waals surface area contributed by atoms with E-state index in [4.69, 9.17) is 5.73 Å². The first-order chi connectivity index (χ1) is 11.7. The van der Waals surface area contributed by atoms with E-state index in [9.17, 15) is 4.79 Å². The highest BCUT2D eigenvalue weighted by Gasteiger charge is 2.12. The Balaban J connectivity index is 1.88. The largest absolute Gasteiger partial charge is 0.370 e. The minimum atomic E-state index is -0.0350. The van der Waals surface area contributed by atoms with Crippen molar-refractivity contribution < 1.29 is 4.79 Å². The van der Waals surface area contributed by atoms with E-state index < -0.39 is 0 Å². The first kappa shape index (κ1) is 18.3. The number of benzene rings is 1. The minimum absolute atomic E-state index is 0.0350. The number of guanidine groups is 1. The lowest BCUT2D eigenvalue weighted by molar-refractivity contribution is 0.0953. The lowest BCUT2D eigenvalue weighted by atomic mass is 10.1. The molecule has 1 aromatic rings. The van der Waals surface area contributed by atoms with Crippen LogP contribution in [0.15, 0.2) is 29.3 Å². The van der Waals surface area contributed by atoms with Crippen molar-refractivity contribution in [1.82, 2.24) is 10.6 Å². The predicted octanol–water partition coefficient (Wildman–Crippen LogP) is 2.95. The molecule has 0 aliphatic heterocycles. The molecule has 0 atom stereocenters. The van der Waals surface area contributed by atoms with Crippen LogP contribution in [0.1, 0.15) is 67.8 Å². The van der Waals surface area contributed by atoms with Crippen LogP contribution in [0.3, 0.4) is 0 Å². The van der Waals surface area contributed by atoms with Gasteiger partial charge in [-0.3, -0.25) is 4.79 Å². The molecule has 0 bridgehead atoms. The van der Waals surface area contributed by atoms with Gasteiger partial charge >= 0.3 is 0 Å². The van der Waals surface area contributed by atoms with Crippen LogP contribution < -0.4 is 16.4 Å². The lowest BCUT2D eigenvalue weighted by Gasteiger charge is -2.16. The summed E-state index contributed by atoms with van der Waals surface area (Å²) in [6, 6.07) is 8.01. The van der Waals surface area contributed by atoms with Crippen molar-refractivity contribution in [1.29, 1.82) is 0 Å². The average molecular weight is 330 g/mol. The number of rotatable bonds is 6. The second kappa shape index (κ2) is 9.96. The van der Waals surface area contributed by atoms with Gasteiger partial charge in [0, 0.05) is 18.2 Å². The number of hydrogen-bond donors (Lipinski definition) is 3. The fraction of sp³-hybridized carbons (Fsp3) is 0.579. The van der Waals surface area contributed by atoms with Crippen LogP contribution in [0.25, 0.3) is 0 Å². The third kappa shape index (κ3) is 6.22. The van der Waals surface area contributed by atoms with Crippen molar-refractivity contribution in [2.45, 2.75) is 64.5 Å². The van der Waals surface area contributed by atoms with Gasteiger partial charge < -0.3 is 16.4 Å². The number of carbonyl (C=O) groups is 1. The third-order valence-corrected chi connectivity index (χ3v) is 4.36. The van der Waals surface area contributed by atoms with E-state index in [0.29, 0.717) is 30.7 Å². The highest BCUT2D eigenvalue weighted by molar-refractivity contribution is 5.94. The predicted molar refractivity (Wildman–Crippen MR) is 99.0 cm³/mol. The van der Waals surface area contributed by atoms with Crippen molar-refractivity contribution in [2.24, 2.45) is 10.7 Å². The number of hydrogen-bond acceptors (Lipinski definition) is 2. The molecule has 5 nitrogen and oxygen atoms in total. The molecular weight excluding hydrogens is 300 g/mol. The molecule has 1 saturated carbocycles. The van der Waals surface area contributed by atoms with Crippen LogP contribution in [0.4, 0.5) is 0 Å². The van der Waals surface area contributed by atoms with Crippen LogP contribution in [-0.4, -0.2) is 24.5 Å².